The van der Waals surface area contributed by atoms with Gasteiger partial charge in [-0.05, 0) is 44.9 Å². The predicted octanol–water partition coefficient (Wildman–Crippen LogP) is 5.90. The fourth-order valence-electron chi connectivity index (χ4n) is 5.27. The smallest absolute Gasteiger partial charge is 0.397 e. The molecule has 0 spiro atoms. The molecule has 1 rings (SSSR count). The first-order chi connectivity index (χ1) is 23.6. The fourth-order valence-corrected chi connectivity index (χ4v) is 5.78. The van der Waals surface area contributed by atoms with E-state index in [1.807, 2.05) is 0 Å². The van der Waals surface area contributed by atoms with Crippen LogP contribution in [0.3, 0.4) is 0 Å². The molecular weight excluding hydrogens is 656 g/mol. The van der Waals surface area contributed by atoms with Crippen LogP contribution < -0.4 is 0 Å². The van der Waals surface area contributed by atoms with Crippen molar-refractivity contribution in [1.29, 1.82) is 0 Å². The van der Waals surface area contributed by atoms with E-state index in [1.165, 1.54) is 32.1 Å². The van der Waals surface area contributed by atoms with Crippen LogP contribution in [0.25, 0.3) is 0 Å². The Hall–Kier alpha value is -1.68. The van der Waals surface area contributed by atoms with Crippen molar-refractivity contribution in [3.63, 3.8) is 0 Å². The highest BCUT2D eigenvalue weighted by Crippen LogP contribution is 2.26. The van der Waals surface area contributed by atoms with Gasteiger partial charge in [-0.25, -0.2) is 4.18 Å². The third-order valence-electron chi connectivity index (χ3n) is 8.03. The van der Waals surface area contributed by atoms with Crippen molar-refractivity contribution in [1.82, 2.24) is 0 Å². The highest BCUT2D eigenvalue weighted by Gasteiger charge is 2.48. The van der Waals surface area contributed by atoms with E-state index in [-0.39, 0.29) is 19.6 Å². The summed E-state index contributed by atoms with van der Waals surface area (Å²) in [5.74, 6) is -0.422. The Bertz CT molecular complexity index is 1020. The highest BCUT2D eigenvalue weighted by atomic mass is 32.3. The lowest BCUT2D eigenvalue weighted by molar-refractivity contribution is -0.301. The normalized spacial score (nSPS) is 22.4. The maximum Gasteiger partial charge on any atom is 0.397 e. The molecule has 1 aliphatic heterocycles. The molecule has 6 unspecified atom stereocenters. The molecule has 1 fully saturated rings. The topological polar surface area (TPSA) is 178 Å². The average Bonchev–Trinajstić information content (AvgIpc) is 3.06. The van der Waals surface area contributed by atoms with Gasteiger partial charge in [-0.2, -0.15) is 8.42 Å². The number of hydrogen-bond donors (Lipinski definition) is 4. The van der Waals surface area contributed by atoms with Crippen molar-refractivity contribution >= 4 is 16.4 Å². The van der Waals surface area contributed by atoms with Crippen LogP contribution >= 0.6 is 0 Å². The van der Waals surface area contributed by atoms with Crippen molar-refractivity contribution in [3.8, 4) is 0 Å². The molecule has 0 amide bonds. The largest absolute Gasteiger partial charge is 0.457 e. The van der Waals surface area contributed by atoms with Gasteiger partial charge >= 0.3 is 16.4 Å². The molecule has 286 valence electrons. The Morgan fingerprint density at radius 2 is 1.41 bits per heavy atom. The minimum absolute atomic E-state index is 0.0293. The molecule has 1 heterocycles. The van der Waals surface area contributed by atoms with E-state index in [9.17, 15) is 28.5 Å². The maximum absolute atomic E-state index is 12.5. The Morgan fingerprint density at radius 3 is 2.04 bits per heavy atom. The van der Waals surface area contributed by atoms with Crippen molar-refractivity contribution in [2.24, 2.45) is 0 Å². The second kappa shape index (κ2) is 29.0. The minimum atomic E-state index is -5.05. The van der Waals surface area contributed by atoms with E-state index in [0.29, 0.717) is 13.0 Å². The Labute approximate surface area is 294 Å². The van der Waals surface area contributed by atoms with Gasteiger partial charge in [0.15, 0.2) is 6.29 Å². The number of aliphatic hydroxyl groups is 3. The number of allylic oxidation sites excluding steroid dienone is 6. The maximum atomic E-state index is 12.5. The zero-order valence-corrected chi connectivity index (χ0v) is 30.6. The number of aliphatic hydroxyl groups excluding tert-OH is 3. The first-order valence-electron chi connectivity index (χ1n) is 18.2. The summed E-state index contributed by atoms with van der Waals surface area (Å²) in [5.41, 5.74) is 0. The zero-order chi connectivity index (χ0) is 36.2. The molecule has 13 heteroatoms. The van der Waals surface area contributed by atoms with Crippen LogP contribution in [0, 0.1) is 0 Å². The summed E-state index contributed by atoms with van der Waals surface area (Å²) in [7, 11) is -5.05. The molecular formula is C36H64O12S. The van der Waals surface area contributed by atoms with E-state index >= 15 is 0 Å². The molecule has 0 aromatic carbocycles. The van der Waals surface area contributed by atoms with Gasteiger partial charge in [0, 0.05) is 13.0 Å². The number of esters is 1. The van der Waals surface area contributed by atoms with Gasteiger partial charge in [0.25, 0.3) is 0 Å². The van der Waals surface area contributed by atoms with Gasteiger partial charge in [-0.1, -0.05) is 108 Å². The molecule has 0 aromatic heterocycles. The fraction of sp³-hybridized carbons (Fsp3) is 0.806. The van der Waals surface area contributed by atoms with Crippen molar-refractivity contribution in [2.45, 2.75) is 160 Å². The van der Waals surface area contributed by atoms with E-state index in [1.54, 1.807) is 0 Å². The molecule has 0 bridgehead atoms. The standard InChI is InChI=1S/C36H64O12S/c1-3-5-7-9-10-11-12-13-14-15-16-17-18-19-20-21-22-24-26-44-28-30(46-32(38)25-23-8-6-4-2)29-45-36-34(40)35(48-49(41,42)43)33(39)31(27-37)47-36/h5,7,10-11,13-14,30-31,33-37,39-40H,3-4,6,8-9,12,15-29H2,1-2H3,(H,41,42,43)/b7-5-,11-10-,14-13-. The summed E-state index contributed by atoms with van der Waals surface area (Å²) in [5, 5.41) is 30.3. The third-order valence-corrected chi connectivity index (χ3v) is 8.49. The molecule has 0 radical (unpaired) electrons. The number of unbranched alkanes of at least 4 members (excludes halogenated alkanes) is 11. The molecule has 0 saturated carbocycles. The van der Waals surface area contributed by atoms with E-state index in [2.05, 4.69) is 54.5 Å². The van der Waals surface area contributed by atoms with Gasteiger partial charge in [-0.15, -0.1) is 0 Å². The summed E-state index contributed by atoms with van der Waals surface area (Å²) < 4.78 is 58.3. The number of carbonyl (C=O) groups is 1. The number of rotatable bonds is 30. The van der Waals surface area contributed by atoms with Crippen LogP contribution in [0.15, 0.2) is 36.5 Å². The SMILES string of the molecule is CC/C=C\C/C=C\C/C=C\CCCCCCCCCCOCC(COC1OC(CO)C(O)C(OS(=O)(=O)O)C1O)OC(=O)CCCCCC. The second-order valence-corrected chi connectivity index (χ2v) is 13.5. The van der Waals surface area contributed by atoms with Crippen LogP contribution in [0.1, 0.15) is 123 Å². The van der Waals surface area contributed by atoms with Crippen LogP contribution in [-0.2, 0) is 38.3 Å². The summed E-state index contributed by atoms with van der Waals surface area (Å²) in [4.78, 5) is 12.5. The Kier molecular flexibility index (Phi) is 26.8. The predicted molar refractivity (Wildman–Crippen MR) is 188 cm³/mol. The summed E-state index contributed by atoms with van der Waals surface area (Å²) in [6, 6.07) is 0. The molecule has 0 aliphatic carbocycles. The first kappa shape index (κ1) is 45.3. The van der Waals surface area contributed by atoms with Crippen LogP contribution in [-0.4, -0.2) is 97.5 Å². The molecule has 49 heavy (non-hydrogen) atoms. The second-order valence-electron chi connectivity index (χ2n) is 12.4. The molecule has 4 N–H and O–H groups in total. The number of hydrogen-bond acceptors (Lipinski definition) is 11. The van der Waals surface area contributed by atoms with Crippen molar-refractivity contribution in [2.75, 3.05) is 26.4 Å². The van der Waals surface area contributed by atoms with Gasteiger partial charge in [0.05, 0.1) is 19.8 Å². The summed E-state index contributed by atoms with van der Waals surface area (Å²) >= 11 is 0. The molecule has 0 aromatic rings. The lowest BCUT2D eigenvalue weighted by Crippen LogP contribution is -2.60. The monoisotopic (exact) mass is 720 g/mol. The molecule has 1 saturated heterocycles. The lowest BCUT2D eigenvalue weighted by Gasteiger charge is -2.41. The van der Waals surface area contributed by atoms with Crippen LogP contribution in [0.5, 0.6) is 0 Å². The van der Waals surface area contributed by atoms with Crippen LogP contribution in [0.4, 0.5) is 0 Å². The van der Waals surface area contributed by atoms with E-state index in [0.717, 1.165) is 64.2 Å². The Balaban J connectivity index is 2.37. The van der Waals surface area contributed by atoms with E-state index < -0.39 is 59.8 Å². The van der Waals surface area contributed by atoms with Crippen molar-refractivity contribution in [3.05, 3.63) is 36.5 Å². The molecule has 1 aliphatic rings. The van der Waals surface area contributed by atoms with Gasteiger partial charge in [-0.3, -0.25) is 9.35 Å². The highest BCUT2D eigenvalue weighted by molar-refractivity contribution is 7.80. The number of ether oxygens (including phenoxy) is 4. The lowest BCUT2D eigenvalue weighted by atomic mass is 9.99. The minimum Gasteiger partial charge on any atom is -0.457 e. The quantitative estimate of drug-likeness (QED) is 0.0299. The summed E-state index contributed by atoms with van der Waals surface area (Å²) in [6.07, 6.45) is 21.2. The Morgan fingerprint density at radius 1 is 0.796 bits per heavy atom. The van der Waals surface area contributed by atoms with Crippen molar-refractivity contribution < 1.29 is 56.2 Å². The summed E-state index contributed by atoms with van der Waals surface area (Å²) in [6.45, 7) is 3.69. The van der Waals surface area contributed by atoms with Crippen LogP contribution in [0.2, 0.25) is 0 Å². The number of carbonyl (C=O) groups excluding carboxylic acids is 1. The molecule has 6 atom stereocenters. The van der Waals surface area contributed by atoms with E-state index in [4.69, 9.17) is 23.5 Å². The zero-order valence-electron chi connectivity index (χ0n) is 29.7. The third kappa shape index (κ3) is 23.4. The van der Waals surface area contributed by atoms with Gasteiger partial charge in [0.1, 0.15) is 30.5 Å². The average molecular weight is 721 g/mol. The molecule has 12 nitrogen and oxygen atoms in total. The first-order valence-corrected chi connectivity index (χ1v) is 19.6. The van der Waals surface area contributed by atoms with Gasteiger partial charge in [0.2, 0.25) is 0 Å². The van der Waals surface area contributed by atoms with Gasteiger partial charge < -0.3 is 34.3 Å².